The van der Waals surface area contributed by atoms with E-state index in [0.717, 1.165) is 84.9 Å². The highest BCUT2D eigenvalue weighted by Crippen LogP contribution is 2.58. The van der Waals surface area contributed by atoms with Gasteiger partial charge in [0.05, 0.1) is 0 Å². The fraction of sp³-hybridized carbons (Fsp3) is 0.00885. The third-order valence-electron chi connectivity index (χ3n) is 24.1. The van der Waals surface area contributed by atoms with Crippen LogP contribution in [0, 0.1) is 6.92 Å². The predicted octanol–water partition coefficient (Wildman–Crippen LogP) is 33.8. The van der Waals surface area contributed by atoms with Crippen LogP contribution in [0.4, 0.5) is 68.2 Å². The Kier molecular flexibility index (Phi) is 17.5. The van der Waals surface area contributed by atoms with Crippen molar-refractivity contribution >= 4 is 166 Å². The number of hydrogen-bond acceptors (Lipinski definition) is 7. The van der Waals surface area contributed by atoms with E-state index in [2.05, 4.69) is 457 Å². The van der Waals surface area contributed by atoms with Crippen LogP contribution in [0.25, 0.3) is 130 Å². The van der Waals surface area contributed by atoms with Gasteiger partial charge in [0.25, 0.3) is 0 Å². The largest absolute Gasteiger partial charge is 0.310 e. The van der Waals surface area contributed by atoms with E-state index < -0.39 is 0 Å². The van der Waals surface area contributed by atoms with E-state index in [1.165, 1.54) is 138 Å². The molecule has 0 saturated carbocycles. The zero-order chi connectivity index (χ0) is 79.3. The van der Waals surface area contributed by atoms with Crippen LogP contribution in [0.15, 0.2) is 450 Å². The Labute approximate surface area is 710 Å². The van der Waals surface area contributed by atoms with Crippen molar-refractivity contribution in [1.29, 1.82) is 0 Å². The number of benzene rings is 20. The van der Waals surface area contributed by atoms with Crippen LogP contribution in [0.3, 0.4) is 0 Å². The molecule has 120 heavy (non-hydrogen) atoms. The fourth-order valence-corrected chi connectivity index (χ4v) is 22.1. The van der Waals surface area contributed by atoms with Crippen LogP contribution >= 0.6 is 34.9 Å². The Morgan fingerprint density at radius 1 is 0.175 bits per heavy atom. The number of thiophene rings is 1. The number of anilines is 12. The van der Waals surface area contributed by atoms with E-state index in [4.69, 9.17) is 0 Å². The molecule has 0 radical (unpaired) electrons. The molecule has 1 aromatic heterocycles. The third kappa shape index (κ3) is 12.3. The fourth-order valence-electron chi connectivity index (χ4n) is 18.6. The molecular weight excluding hydrogens is 1510 g/mol. The summed E-state index contributed by atoms with van der Waals surface area (Å²) in [4.78, 5) is 14.5. The highest BCUT2D eigenvalue weighted by atomic mass is 32.2. The van der Waals surface area contributed by atoms with E-state index >= 15 is 0 Å². The van der Waals surface area contributed by atoms with Crippen molar-refractivity contribution in [2.75, 3.05) is 19.6 Å². The second-order valence-corrected chi connectivity index (χ2v) is 34.3. The van der Waals surface area contributed by atoms with Crippen LogP contribution in [0.2, 0.25) is 0 Å². The summed E-state index contributed by atoms with van der Waals surface area (Å²) in [5, 5.41) is 12.8. The van der Waals surface area contributed by atoms with Crippen LogP contribution in [-0.4, -0.2) is 0 Å². The van der Waals surface area contributed by atoms with Gasteiger partial charge in [-0.1, -0.05) is 278 Å². The summed E-state index contributed by atoms with van der Waals surface area (Å²) in [7, 11) is 0. The average molecular weight is 1580 g/mol. The van der Waals surface area contributed by atoms with Gasteiger partial charge in [-0.15, -0.1) is 11.3 Å². The van der Waals surface area contributed by atoms with Crippen LogP contribution in [0.1, 0.15) is 5.56 Å². The lowest BCUT2D eigenvalue weighted by atomic mass is 9.84. The van der Waals surface area contributed by atoms with Gasteiger partial charge in [0.2, 0.25) is 0 Å². The lowest BCUT2D eigenvalue weighted by molar-refractivity contribution is 1.26. The number of fused-ring (bicyclic) bond motifs is 11. The van der Waals surface area contributed by atoms with E-state index in [-0.39, 0.29) is 0 Å². The first kappa shape index (κ1) is 70.9. The second kappa shape index (κ2) is 29.6. The monoisotopic (exact) mass is 1580 g/mol. The van der Waals surface area contributed by atoms with Gasteiger partial charge < -0.3 is 19.6 Å². The summed E-state index contributed by atoms with van der Waals surface area (Å²) in [6.45, 7) is 2.32. The van der Waals surface area contributed by atoms with Crippen molar-refractivity contribution in [3.8, 4) is 66.8 Å². The Bertz CT molecular complexity index is 7550. The van der Waals surface area contributed by atoms with Crippen molar-refractivity contribution in [2.45, 2.75) is 26.5 Å². The minimum atomic E-state index is 1.07. The molecule has 23 rings (SSSR count). The maximum Gasteiger partial charge on any atom is 0.0476 e. The summed E-state index contributed by atoms with van der Waals surface area (Å²) in [5.41, 5.74) is 29.0. The summed E-state index contributed by atoms with van der Waals surface area (Å²) in [6.07, 6.45) is 0. The molecule has 2 aliphatic heterocycles. The summed E-state index contributed by atoms with van der Waals surface area (Å²) in [6, 6.07) is 159. The smallest absolute Gasteiger partial charge is 0.0476 e. The topological polar surface area (TPSA) is 13.0 Å². The SMILES string of the molecule is Cc1c2c3c(cccc3c3cc(-c4ccc(N(c5ccccc5)c5cccc(-c6cccc(N(c7ccccc7)c7ccc8c(c7)Sc7cccc9c7c-8c(-c7ccccc7)c7ccc(-c8ccc(N(c%10ccccc%10)c%10ccc%11c(c%10)sc%10ccccc%10%11)cc8)cc79)c6)c5)cc4)ccc13)Sc1cc(N(c3ccccc3)c3ccccc3)ccc1-2. The zero-order valence-electron chi connectivity index (χ0n) is 65.5. The minimum absolute atomic E-state index is 1.07. The molecule has 2 aliphatic rings. The molecule has 564 valence electrons. The van der Waals surface area contributed by atoms with Gasteiger partial charge >= 0.3 is 0 Å². The minimum Gasteiger partial charge on any atom is -0.310 e. The Balaban J connectivity index is 0.560. The predicted molar refractivity (Wildman–Crippen MR) is 514 cm³/mol. The lowest BCUT2D eigenvalue weighted by Gasteiger charge is -2.29. The molecule has 3 heterocycles. The Morgan fingerprint density at radius 2 is 0.500 bits per heavy atom. The van der Waals surface area contributed by atoms with Gasteiger partial charge in [0.1, 0.15) is 0 Å². The van der Waals surface area contributed by atoms with Gasteiger partial charge in [-0.2, -0.15) is 0 Å². The molecule has 0 unspecified atom stereocenters. The molecular formula is C113H74N4S3. The molecule has 0 atom stereocenters. The Hall–Kier alpha value is -14.4. The highest BCUT2D eigenvalue weighted by Gasteiger charge is 2.30. The highest BCUT2D eigenvalue weighted by molar-refractivity contribution is 8.00. The number of nitrogens with zero attached hydrogens (tertiary/aromatic N) is 4. The van der Waals surface area contributed by atoms with Crippen molar-refractivity contribution in [1.82, 2.24) is 0 Å². The van der Waals surface area contributed by atoms with E-state index in [1.54, 1.807) is 0 Å². The number of para-hydroxylation sites is 5. The molecule has 0 amide bonds. The van der Waals surface area contributed by atoms with Gasteiger partial charge in [0.15, 0.2) is 0 Å². The van der Waals surface area contributed by atoms with Crippen LogP contribution in [-0.2, 0) is 0 Å². The molecule has 7 heteroatoms. The zero-order valence-corrected chi connectivity index (χ0v) is 68.0. The average Bonchev–Trinajstić information content (AvgIpc) is 1.15. The van der Waals surface area contributed by atoms with Gasteiger partial charge in [-0.3, -0.25) is 0 Å². The molecule has 0 saturated heterocycles. The second-order valence-electron chi connectivity index (χ2n) is 31.1. The van der Waals surface area contributed by atoms with Crippen molar-refractivity contribution in [3.05, 3.63) is 436 Å². The normalized spacial score (nSPS) is 12.0. The van der Waals surface area contributed by atoms with Crippen molar-refractivity contribution in [3.63, 3.8) is 0 Å². The molecule has 0 aliphatic carbocycles. The summed E-state index contributed by atoms with van der Waals surface area (Å²) in [5.74, 6) is 0. The number of hydrogen-bond donors (Lipinski definition) is 0. The molecule has 0 spiro atoms. The molecule has 21 aromatic rings. The first-order valence-corrected chi connectivity index (χ1v) is 43.4. The number of rotatable bonds is 16. The van der Waals surface area contributed by atoms with Gasteiger partial charge in [-0.25, -0.2) is 0 Å². The maximum absolute atomic E-state index is 2.44. The van der Waals surface area contributed by atoms with Gasteiger partial charge in [0, 0.05) is 124 Å². The Morgan fingerprint density at radius 3 is 1.00 bits per heavy atom. The maximum atomic E-state index is 2.44. The van der Waals surface area contributed by atoms with Crippen molar-refractivity contribution < 1.29 is 0 Å². The molecule has 0 fully saturated rings. The number of aryl methyl sites for hydroxylation is 1. The molecule has 4 nitrogen and oxygen atoms in total. The molecule has 20 aromatic carbocycles. The van der Waals surface area contributed by atoms with Gasteiger partial charge in [-0.05, 0) is 282 Å². The summed E-state index contributed by atoms with van der Waals surface area (Å²) >= 11 is 5.61. The first-order chi connectivity index (χ1) is 59.4. The standard InChI is InChI=1S/C113H74N4S3/c1-73-93-61-52-79(68-101(93)96-43-24-46-104-111(96)109(73)99-64-59-91(71-107(99)119-104)114(81-30-10-3-11-31-81)82-32-12-4-13-33-82)74-48-54-86(55-49-74)115(83-34-14-5-15-35-83)88-40-22-28-77(66-88)78-29-23-41-89(67-78)117(85-38-18-7-19-39-85)92-60-65-100-108(72-92)120-105-47-25-44-97-102-69-80(53-62-98(102)110(113(100)112(97)105)76-26-8-2-9-27-76)75-50-56-87(57-51-75)116(84-36-16-6-17-37-84)90-58-63-95-94-42-20-21-45-103(94)118-106(95)70-90/h2-72H,1H3. The van der Waals surface area contributed by atoms with E-state index in [9.17, 15) is 0 Å². The third-order valence-corrected chi connectivity index (χ3v) is 27.5. The van der Waals surface area contributed by atoms with Crippen LogP contribution < -0.4 is 19.6 Å². The molecule has 0 bridgehead atoms. The van der Waals surface area contributed by atoms with E-state index in [0.29, 0.717) is 0 Å². The lowest BCUT2D eigenvalue weighted by Crippen LogP contribution is -2.11. The van der Waals surface area contributed by atoms with Crippen LogP contribution in [0.5, 0.6) is 0 Å². The summed E-state index contributed by atoms with van der Waals surface area (Å²) < 4.78 is 2.59. The molecule has 0 N–H and O–H groups in total. The first-order valence-electron chi connectivity index (χ1n) is 40.9. The quantitative estimate of drug-likeness (QED) is 0.0888. The van der Waals surface area contributed by atoms with E-state index in [1.807, 2.05) is 34.9 Å². The van der Waals surface area contributed by atoms with Crippen molar-refractivity contribution in [2.24, 2.45) is 0 Å².